The fourth-order valence-corrected chi connectivity index (χ4v) is 3.05. The lowest BCUT2D eigenvalue weighted by molar-refractivity contribution is 0.0953. The quantitative estimate of drug-likeness (QED) is 0.756. The van der Waals surface area contributed by atoms with Gasteiger partial charge in [0.05, 0.1) is 12.7 Å². The lowest BCUT2D eigenvalue weighted by Gasteiger charge is -2.09. The van der Waals surface area contributed by atoms with Crippen LogP contribution in [0.25, 0.3) is 0 Å². The maximum Gasteiger partial charge on any atom is 0.255 e. The van der Waals surface area contributed by atoms with E-state index in [1.165, 1.54) is 18.2 Å². The first-order valence-corrected chi connectivity index (χ1v) is 8.88. The molecule has 0 bridgehead atoms. The van der Waals surface area contributed by atoms with Crippen molar-refractivity contribution in [3.63, 3.8) is 0 Å². The second-order valence-electron chi connectivity index (χ2n) is 5.14. The van der Waals surface area contributed by atoms with E-state index < -0.39 is 0 Å². The zero-order valence-corrected chi connectivity index (χ0v) is 14.8. The zero-order valence-electron chi connectivity index (χ0n) is 13.3. The van der Waals surface area contributed by atoms with Gasteiger partial charge >= 0.3 is 0 Å². The number of nitrogens with one attached hydrogen (secondary N) is 1. The van der Waals surface area contributed by atoms with Crippen LogP contribution in [0, 0.1) is 6.92 Å². The van der Waals surface area contributed by atoms with E-state index >= 15 is 0 Å². The summed E-state index contributed by atoms with van der Waals surface area (Å²) in [6.45, 7) is 2.68. The molecule has 0 aliphatic rings. The van der Waals surface area contributed by atoms with Crippen molar-refractivity contribution in [2.24, 2.45) is 0 Å². The molecule has 3 nitrogen and oxygen atoms in total. The third kappa shape index (κ3) is 5.48. The Bertz CT molecular complexity index is 659. The van der Waals surface area contributed by atoms with Gasteiger partial charge in [0.1, 0.15) is 5.75 Å². The SMILES string of the molecule is COc1ccc(Cl)cc1C(=O)NCCSCc1ccc(C)cc1. The number of ether oxygens (including phenoxy) is 1. The molecule has 1 N–H and O–H groups in total. The van der Waals surface area contributed by atoms with Crippen LogP contribution in [0.3, 0.4) is 0 Å². The molecule has 0 saturated heterocycles. The Kier molecular flexibility index (Phi) is 6.81. The molecular weight excluding hydrogens is 330 g/mol. The summed E-state index contributed by atoms with van der Waals surface area (Å²) >= 11 is 7.73. The number of hydrogen-bond acceptors (Lipinski definition) is 3. The van der Waals surface area contributed by atoms with Gasteiger partial charge in [0.25, 0.3) is 5.91 Å². The third-order valence-electron chi connectivity index (χ3n) is 3.33. The van der Waals surface area contributed by atoms with Crippen molar-refractivity contribution in [2.45, 2.75) is 12.7 Å². The van der Waals surface area contributed by atoms with E-state index in [4.69, 9.17) is 16.3 Å². The van der Waals surface area contributed by atoms with Crippen molar-refractivity contribution in [2.75, 3.05) is 19.4 Å². The Morgan fingerprint density at radius 3 is 2.65 bits per heavy atom. The summed E-state index contributed by atoms with van der Waals surface area (Å²) in [5.74, 6) is 2.15. The third-order valence-corrected chi connectivity index (χ3v) is 4.59. The molecule has 0 atom stereocenters. The van der Waals surface area contributed by atoms with Gasteiger partial charge in [-0.1, -0.05) is 41.4 Å². The summed E-state index contributed by atoms with van der Waals surface area (Å²) in [4.78, 5) is 12.2. The highest BCUT2D eigenvalue weighted by Crippen LogP contribution is 2.22. The van der Waals surface area contributed by atoms with Crippen LogP contribution < -0.4 is 10.1 Å². The minimum atomic E-state index is -0.166. The van der Waals surface area contributed by atoms with Gasteiger partial charge in [-0.3, -0.25) is 4.79 Å². The summed E-state index contributed by atoms with van der Waals surface area (Å²) in [7, 11) is 1.54. The van der Waals surface area contributed by atoms with Crippen LogP contribution in [-0.2, 0) is 5.75 Å². The van der Waals surface area contributed by atoms with E-state index in [1.54, 1.807) is 30.0 Å². The number of hydrogen-bond donors (Lipinski definition) is 1. The van der Waals surface area contributed by atoms with E-state index in [0.29, 0.717) is 22.9 Å². The number of thioether (sulfide) groups is 1. The van der Waals surface area contributed by atoms with E-state index in [0.717, 1.165) is 11.5 Å². The minimum absolute atomic E-state index is 0.166. The fraction of sp³-hybridized carbons (Fsp3) is 0.278. The Balaban J connectivity index is 1.77. The molecule has 0 saturated carbocycles. The van der Waals surface area contributed by atoms with Gasteiger partial charge in [0, 0.05) is 23.1 Å². The topological polar surface area (TPSA) is 38.3 Å². The average molecular weight is 350 g/mol. The molecule has 2 aromatic rings. The number of aryl methyl sites for hydroxylation is 1. The largest absolute Gasteiger partial charge is 0.496 e. The molecule has 0 unspecified atom stereocenters. The van der Waals surface area contributed by atoms with Crippen molar-refractivity contribution in [3.8, 4) is 5.75 Å². The molecule has 0 radical (unpaired) electrons. The molecule has 0 fully saturated rings. The van der Waals surface area contributed by atoms with Crippen molar-refractivity contribution in [1.29, 1.82) is 0 Å². The van der Waals surface area contributed by atoms with E-state index in [1.807, 2.05) is 0 Å². The predicted molar refractivity (Wildman–Crippen MR) is 97.7 cm³/mol. The number of amides is 1. The lowest BCUT2D eigenvalue weighted by atomic mass is 10.2. The molecule has 122 valence electrons. The second-order valence-corrected chi connectivity index (χ2v) is 6.68. The maximum atomic E-state index is 12.2. The zero-order chi connectivity index (χ0) is 16.7. The van der Waals surface area contributed by atoms with Gasteiger partial charge in [0.2, 0.25) is 0 Å². The van der Waals surface area contributed by atoms with Crippen LogP contribution in [0.2, 0.25) is 5.02 Å². The van der Waals surface area contributed by atoms with Crippen LogP contribution in [0.5, 0.6) is 5.75 Å². The Hall–Kier alpha value is -1.65. The number of carbonyl (C=O) groups is 1. The van der Waals surface area contributed by atoms with Crippen LogP contribution >= 0.6 is 23.4 Å². The monoisotopic (exact) mass is 349 g/mol. The predicted octanol–water partition coefficient (Wildman–Crippen LogP) is 4.32. The van der Waals surface area contributed by atoms with Crippen LogP contribution in [-0.4, -0.2) is 25.3 Å². The highest BCUT2D eigenvalue weighted by molar-refractivity contribution is 7.98. The molecule has 2 aromatic carbocycles. The highest BCUT2D eigenvalue weighted by atomic mass is 35.5. The number of benzene rings is 2. The van der Waals surface area contributed by atoms with Crippen molar-refractivity contribution >= 4 is 29.3 Å². The summed E-state index contributed by atoms with van der Waals surface area (Å²) in [6.07, 6.45) is 0. The number of halogens is 1. The molecule has 0 aliphatic heterocycles. The summed E-state index contributed by atoms with van der Waals surface area (Å²) in [5, 5.41) is 3.42. The first-order chi connectivity index (χ1) is 11.1. The van der Waals surface area contributed by atoms with E-state index in [-0.39, 0.29) is 5.91 Å². The average Bonchev–Trinajstić information content (AvgIpc) is 2.56. The molecule has 0 heterocycles. The Morgan fingerprint density at radius 1 is 1.22 bits per heavy atom. The minimum Gasteiger partial charge on any atom is -0.496 e. The number of rotatable bonds is 7. The normalized spacial score (nSPS) is 10.4. The molecule has 1 amide bonds. The van der Waals surface area contributed by atoms with Gasteiger partial charge in [0.15, 0.2) is 0 Å². The molecule has 5 heteroatoms. The Labute approximate surface area is 146 Å². The summed E-state index contributed by atoms with van der Waals surface area (Å²) in [5.41, 5.74) is 3.02. The summed E-state index contributed by atoms with van der Waals surface area (Å²) < 4.78 is 5.19. The molecule has 23 heavy (non-hydrogen) atoms. The fourth-order valence-electron chi connectivity index (χ4n) is 2.06. The van der Waals surface area contributed by atoms with Crippen LogP contribution in [0.4, 0.5) is 0 Å². The molecule has 0 aromatic heterocycles. The van der Waals surface area contributed by atoms with Gasteiger partial charge in [-0.25, -0.2) is 0 Å². The van der Waals surface area contributed by atoms with Crippen LogP contribution in [0.15, 0.2) is 42.5 Å². The molecular formula is C18H20ClNO2S. The maximum absolute atomic E-state index is 12.2. The highest BCUT2D eigenvalue weighted by Gasteiger charge is 2.12. The van der Waals surface area contributed by atoms with Gasteiger partial charge in [-0.2, -0.15) is 11.8 Å². The van der Waals surface area contributed by atoms with Crippen molar-refractivity contribution in [1.82, 2.24) is 5.32 Å². The van der Waals surface area contributed by atoms with Crippen LogP contribution in [0.1, 0.15) is 21.5 Å². The molecule has 0 aliphatic carbocycles. The summed E-state index contributed by atoms with van der Waals surface area (Å²) in [6, 6.07) is 13.5. The van der Waals surface area contributed by atoms with Crippen molar-refractivity contribution < 1.29 is 9.53 Å². The van der Waals surface area contributed by atoms with Crippen molar-refractivity contribution in [3.05, 3.63) is 64.2 Å². The smallest absolute Gasteiger partial charge is 0.255 e. The molecule has 2 rings (SSSR count). The van der Waals surface area contributed by atoms with E-state index in [9.17, 15) is 4.79 Å². The van der Waals surface area contributed by atoms with Gasteiger partial charge in [-0.05, 0) is 30.7 Å². The number of carbonyl (C=O) groups excluding carboxylic acids is 1. The lowest BCUT2D eigenvalue weighted by Crippen LogP contribution is -2.26. The van der Waals surface area contributed by atoms with E-state index in [2.05, 4.69) is 36.5 Å². The Morgan fingerprint density at radius 2 is 1.96 bits per heavy atom. The first-order valence-electron chi connectivity index (χ1n) is 7.35. The second kappa shape index (κ2) is 8.85. The van der Waals surface area contributed by atoms with Gasteiger partial charge in [-0.15, -0.1) is 0 Å². The van der Waals surface area contributed by atoms with Gasteiger partial charge < -0.3 is 10.1 Å². The number of methoxy groups -OCH3 is 1. The standard InChI is InChI=1S/C18H20ClNO2S/c1-13-3-5-14(6-4-13)12-23-10-9-20-18(21)16-11-15(19)7-8-17(16)22-2/h3-8,11H,9-10,12H2,1-2H3,(H,20,21). The molecule has 0 spiro atoms. The first kappa shape index (κ1) is 17.7.